The summed E-state index contributed by atoms with van der Waals surface area (Å²) in [5.41, 5.74) is 5.14. The van der Waals surface area contributed by atoms with Gasteiger partial charge >= 0.3 is 0 Å². The number of rotatable bonds is 0. The van der Waals surface area contributed by atoms with Crippen molar-refractivity contribution in [3.05, 3.63) is 34.4 Å². The molecule has 4 nitrogen and oxygen atoms in total. The molecule has 4 heteroatoms. The molecule has 0 spiro atoms. The minimum Gasteiger partial charge on any atom is -0.487 e. The molecular formula is C18H22N2O2. The Kier molecular flexibility index (Phi) is 2.96. The van der Waals surface area contributed by atoms with E-state index in [1.165, 1.54) is 34.9 Å². The zero-order valence-corrected chi connectivity index (χ0v) is 13.2. The third-order valence-electron chi connectivity index (χ3n) is 4.92. The van der Waals surface area contributed by atoms with Crippen molar-refractivity contribution < 1.29 is 9.15 Å². The standard InChI is InChI=1S/C18H22N2O2/c1-18(2)8-7-11-9-14-12-5-3-4-6-13(12)17(20-19)21-16(14)10-15(11)22-18/h9-10H,3-8,19H2,1-2H3. The zero-order valence-electron chi connectivity index (χ0n) is 13.2. The second kappa shape index (κ2) is 4.77. The van der Waals surface area contributed by atoms with Gasteiger partial charge < -0.3 is 15.0 Å². The molecule has 116 valence electrons. The van der Waals surface area contributed by atoms with E-state index < -0.39 is 0 Å². The second-order valence-electron chi connectivity index (χ2n) is 7.02. The molecule has 2 aliphatic rings. The number of hydrogen-bond donors (Lipinski definition) is 1. The van der Waals surface area contributed by atoms with Crippen LogP contribution in [0.3, 0.4) is 0 Å². The van der Waals surface area contributed by atoms with Crippen LogP contribution in [-0.4, -0.2) is 5.60 Å². The molecule has 0 radical (unpaired) electrons. The molecule has 0 saturated heterocycles. The summed E-state index contributed by atoms with van der Waals surface area (Å²) in [5.74, 6) is 6.48. The Labute approximate surface area is 130 Å². The van der Waals surface area contributed by atoms with Gasteiger partial charge in [0.1, 0.15) is 16.9 Å². The van der Waals surface area contributed by atoms with Crippen molar-refractivity contribution in [2.75, 3.05) is 0 Å². The molecule has 1 aliphatic carbocycles. The Bertz CT molecular complexity index is 818. The maximum Gasteiger partial charge on any atom is 0.239 e. The van der Waals surface area contributed by atoms with Gasteiger partial charge in [0.05, 0.1) is 0 Å². The highest BCUT2D eigenvalue weighted by atomic mass is 16.5. The lowest BCUT2D eigenvalue weighted by molar-refractivity contribution is 0.0848. The summed E-state index contributed by atoms with van der Waals surface area (Å²) in [4.78, 5) is 0. The van der Waals surface area contributed by atoms with Crippen LogP contribution in [-0.2, 0) is 19.3 Å². The fourth-order valence-corrected chi connectivity index (χ4v) is 3.71. The van der Waals surface area contributed by atoms with E-state index in [2.05, 4.69) is 25.0 Å². The predicted molar refractivity (Wildman–Crippen MR) is 85.6 cm³/mol. The summed E-state index contributed by atoms with van der Waals surface area (Å²) >= 11 is 0. The SMILES string of the molecule is CC1(C)CCc2cc3c4c(c(=NN)oc3cc2O1)CCCC4. The Morgan fingerprint density at radius 1 is 1.09 bits per heavy atom. The smallest absolute Gasteiger partial charge is 0.239 e. The molecule has 0 fully saturated rings. The minimum atomic E-state index is -0.115. The van der Waals surface area contributed by atoms with E-state index in [-0.39, 0.29) is 5.60 Å². The lowest BCUT2D eigenvalue weighted by Gasteiger charge is -2.33. The van der Waals surface area contributed by atoms with Gasteiger partial charge in [0.2, 0.25) is 5.55 Å². The molecular weight excluding hydrogens is 276 g/mol. The van der Waals surface area contributed by atoms with E-state index in [1.807, 2.05) is 6.07 Å². The van der Waals surface area contributed by atoms with Crippen LogP contribution in [0.1, 0.15) is 49.8 Å². The molecule has 2 heterocycles. The van der Waals surface area contributed by atoms with Crippen LogP contribution in [0, 0.1) is 0 Å². The number of hydrogen-bond acceptors (Lipinski definition) is 4. The topological polar surface area (TPSA) is 60.8 Å². The molecule has 0 saturated carbocycles. The summed E-state index contributed by atoms with van der Waals surface area (Å²) < 4.78 is 12.1. The van der Waals surface area contributed by atoms with Crippen LogP contribution in [0.2, 0.25) is 0 Å². The van der Waals surface area contributed by atoms with Gasteiger partial charge in [-0.05, 0) is 69.6 Å². The summed E-state index contributed by atoms with van der Waals surface area (Å²) in [7, 11) is 0. The molecule has 1 aromatic carbocycles. The predicted octanol–water partition coefficient (Wildman–Crippen LogP) is 3.19. The lowest BCUT2D eigenvalue weighted by Crippen LogP contribution is -2.32. The summed E-state index contributed by atoms with van der Waals surface area (Å²) in [6, 6.07) is 4.28. The molecule has 0 unspecified atom stereocenters. The lowest BCUT2D eigenvalue weighted by atomic mass is 9.88. The monoisotopic (exact) mass is 298 g/mol. The first-order valence-electron chi connectivity index (χ1n) is 8.12. The highest BCUT2D eigenvalue weighted by molar-refractivity contribution is 5.84. The average molecular weight is 298 g/mol. The van der Waals surface area contributed by atoms with Gasteiger partial charge in [-0.3, -0.25) is 0 Å². The van der Waals surface area contributed by atoms with E-state index in [0.29, 0.717) is 5.55 Å². The van der Waals surface area contributed by atoms with Gasteiger partial charge in [-0.2, -0.15) is 0 Å². The number of fused-ring (bicyclic) bond motifs is 4. The minimum absolute atomic E-state index is 0.115. The first-order chi connectivity index (χ1) is 10.6. The van der Waals surface area contributed by atoms with E-state index in [0.717, 1.165) is 37.0 Å². The normalized spacial score (nSPS) is 20.4. The van der Waals surface area contributed by atoms with Crippen molar-refractivity contribution in [2.45, 2.75) is 58.0 Å². The van der Waals surface area contributed by atoms with Gasteiger partial charge in [0.25, 0.3) is 0 Å². The number of aryl methyl sites for hydroxylation is 2. The number of benzene rings is 1. The number of nitrogens with zero attached hydrogens (tertiary/aromatic N) is 1. The maximum absolute atomic E-state index is 6.12. The largest absolute Gasteiger partial charge is 0.487 e. The molecule has 4 rings (SSSR count). The third kappa shape index (κ3) is 2.09. The molecule has 22 heavy (non-hydrogen) atoms. The van der Waals surface area contributed by atoms with E-state index in [1.54, 1.807) is 0 Å². The molecule has 0 amide bonds. The van der Waals surface area contributed by atoms with Gasteiger partial charge in [-0.1, -0.05) is 0 Å². The third-order valence-corrected chi connectivity index (χ3v) is 4.92. The van der Waals surface area contributed by atoms with Gasteiger partial charge in [-0.15, -0.1) is 5.10 Å². The Hall–Kier alpha value is -1.97. The Balaban J connectivity index is 1.99. The summed E-state index contributed by atoms with van der Waals surface area (Å²) in [6.45, 7) is 4.26. The van der Waals surface area contributed by atoms with Crippen molar-refractivity contribution in [1.29, 1.82) is 0 Å². The van der Waals surface area contributed by atoms with Gasteiger partial charge in [0, 0.05) is 17.0 Å². The van der Waals surface area contributed by atoms with Crippen molar-refractivity contribution in [2.24, 2.45) is 10.9 Å². The Morgan fingerprint density at radius 2 is 1.86 bits per heavy atom. The molecule has 1 aromatic heterocycles. The summed E-state index contributed by atoms with van der Waals surface area (Å²) in [6.07, 6.45) is 6.58. The highest BCUT2D eigenvalue weighted by Gasteiger charge is 2.28. The average Bonchev–Trinajstić information content (AvgIpc) is 2.51. The van der Waals surface area contributed by atoms with E-state index in [4.69, 9.17) is 15.0 Å². The maximum atomic E-state index is 6.12. The Morgan fingerprint density at radius 3 is 2.64 bits per heavy atom. The van der Waals surface area contributed by atoms with Crippen LogP contribution in [0.25, 0.3) is 11.0 Å². The zero-order chi connectivity index (χ0) is 15.3. The second-order valence-corrected chi connectivity index (χ2v) is 7.02. The molecule has 2 aromatic rings. The van der Waals surface area contributed by atoms with Crippen LogP contribution in [0.15, 0.2) is 21.7 Å². The van der Waals surface area contributed by atoms with Crippen LogP contribution < -0.4 is 16.1 Å². The fourth-order valence-electron chi connectivity index (χ4n) is 3.71. The van der Waals surface area contributed by atoms with Gasteiger partial charge in [-0.25, -0.2) is 0 Å². The van der Waals surface area contributed by atoms with Crippen molar-refractivity contribution >= 4 is 11.0 Å². The molecule has 1 aliphatic heterocycles. The van der Waals surface area contributed by atoms with Crippen LogP contribution >= 0.6 is 0 Å². The van der Waals surface area contributed by atoms with Crippen LogP contribution in [0.4, 0.5) is 0 Å². The van der Waals surface area contributed by atoms with E-state index in [9.17, 15) is 0 Å². The van der Waals surface area contributed by atoms with Crippen molar-refractivity contribution in [3.63, 3.8) is 0 Å². The van der Waals surface area contributed by atoms with Crippen LogP contribution in [0.5, 0.6) is 5.75 Å². The quantitative estimate of drug-likeness (QED) is 0.600. The van der Waals surface area contributed by atoms with Crippen molar-refractivity contribution in [3.8, 4) is 5.75 Å². The first kappa shape index (κ1) is 13.7. The molecule has 0 bridgehead atoms. The van der Waals surface area contributed by atoms with E-state index >= 15 is 0 Å². The molecule has 0 atom stereocenters. The number of nitrogens with two attached hydrogens (primary N) is 1. The fraction of sp³-hybridized carbons (Fsp3) is 0.500. The summed E-state index contributed by atoms with van der Waals surface area (Å²) in [5, 5.41) is 5.08. The highest BCUT2D eigenvalue weighted by Crippen LogP contribution is 2.37. The van der Waals surface area contributed by atoms with Crippen molar-refractivity contribution in [1.82, 2.24) is 0 Å². The molecule has 2 N–H and O–H groups in total. The number of ether oxygens (including phenoxy) is 1. The first-order valence-corrected chi connectivity index (χ1v) is 8.12. The van der Waals surface area contributed by atoms with Gasteiger partial charge in [0.15, 0.2) is 0 Å².